The van der Waals surface area contributed by atoms with Gasteiger partial charge in [0.2, 0.25) is 0 Å². The van der Waals surface area contributed by atoms with Crippen LogP contribution in [0.3, 0.4) is 0 Å². The minimum atomic E-state index is 0.716. The molecule has 4 heteroatoms. The third kappa shape index (κ3) is 2.40. The van der Waals surface area contributed by atoms with Gasteiger partial charge in [-0.1, -0.05) is 23.7 Å². The second-order valence-corrected chi connectivity index (χ2v) is 4.86. The van der Waals surface area contributed by atoms with E-state index in [1.165, 1.54) is 0 Å². The van der Waals surface area contributed by atoms with Crippen LogP contribution in [0.25, 0.3) is 22.4 Å². The summed E-state index contributed by atoms with van der Waals surface area (Å²) in [6, 6.07) is 11.6. The van der Waals surface area contributed by atoms with Gasteiger partial charge in [-0.05, 0) is 36.8 Å². The first-order valence-electron chi connectivity index (χ1n) is 6.23. The molecule has 20 heavy (non-hydrogen) atoms. The summed E-state index contributed by atoms with van der Waals surface area (Å²) in [5.74, 6) is 0. The van der Waals surface area contributed by atoms with Crippen molar-refractivity contribution in [2.24, 2.45) is 0 Å². The predicted molar refractivity (Wildman–Crippen MR) is 80.4 cm³/mol. The van der Waals surface area contributed by atoms with Crippen LogP contribution in [0.4, 0.5) is 0 Å². The van der Waals surface area contributed by atoms with E-state index in [1.54, 1.807) is 18.7 Å². The van der Waals surface area contributed by atoms with Gasteiger partial charge in [-0.15, -0.1) is 0 Å². The fraction of sp³-hybridized carbons (Fsp3) is 0.0625. The molecule has 0 atom stereocenters. The molecule has 0 radical (unpaired) electrons. The first-order chi connectivity index (χ1) is 9.75. The van der Waals surface area contributed by atoms with Gasteiger partial charge in [0.05, 0.1) is 5.69 Å². The van der Waals surface area contributed by atoms with Crippen LogP contribution in [-0.2, 0) is 0 Å². The number of rotatable bonds is 2. The number of hydrogen-bond donors (Lipinski definition) is 0. The zero-order valence-corrected chi connectivity index (χ0v) is 11.7. The second kappa shape index (κ2) is 5.39. The summed E-state index contributed by atoms with van der Waals surface area (Å²) in [4.78, 5) is 12.8. The molecule has 0 N–H and O–H groups in total. The third-order valence-corrected chi connectivity index (χ3v) is 3.38. The van der Waals surface area contributed by atoms with Gasteiger partial charge in [0.1, 0.15) is 6.33 Å². The highest BCUT2D eigenvalue weighted by molar-refractivity contribution is 6.30. The lowest BCUT2D eigenvalue weighted by atomic mass is 9.99. The van der Waals surface area contributed by atoms with E-state index in [2.05, 4.69) is 15.0 Å². The van der Waals surface area contributed by atoms with E-state index in [4.69, 9.17) is 11.6 Å². The standard InChI is InChI=1S/C16H12ClN3/c1-11-15(12-2-4-14(17)5-3-12)16(20-10-19-11)13-6-8-18-9-7-13/h2-10H,1H3. The summed E-state index contributed by atoms with van der Waals surface area (Å²) in [5, 5.41) is 0.716. The lowest BCUT2D eigenvalue weighted by molar-refractivity contribution is 1.11. The van der Waals surface area contributed by atoms with E-state index in [-0.39, 0.29) is 0 Å². The number of hydrogen-bond acceptors (Lipinski definition) is 3. The molecule has 2 heterocycles. The summed E-state index contributed by atoms with van der Waals surface area (Å²) < 4.78 is 0. The Bertz CT molecular complexity index is 724. The molecule has 0 amide bonds. The Morgan fingerprint density at radius 2 is 1.55 bits per heavy atom. The van der Waals surface area contributed by atoms with Gasteiger partial charge < -0.3 is 0 Å². The summed E-state index contributed by atoms with van der Waals surface area (Å²) in [5.41, 5.74) is 4.95. The van der Waals surface area contributed by atoms with E-state index in [0.29, 0.717) is 5.02 Å². The molecule has 0 aliphatic heterocycles. The van der Waals surface area contributed by atoms with Crippen molar-refractivity contribution in [1.29, 1.82) is 0 Å². The maximum absolute atomic E-state index is 5.96. The van der Waals surface area contributed by atoms with Crippen molar-refractivity contribution < 1.29 is 0 Å². The molecule has 0 bridgehead atoms. The molecular formula is C16H12ClN3. The Hall–Kier alpha value is -2.26. The van der Waals surface area contributed by atoms with E-state index in [1.807, 2.05) is 43.3 Å². The molecule has 0 aliphatic rings. The number of nitrogens with zero attached hydrogens (tertiary/aromatic N) is 3. The summed E-state index contributed by atoms with van der Waals surface area (Å²) >= 11 is 5.96. The molecule has 98 valence electrons. The highest BCUT2D eigenvalue weighted by atomic mass is 35.5. The van der Waals surface area contributed by atoms with Crippen LogP contribution in [0.15, 0.2) is 55.1 Å². The van der Waals surface area contributed by atoms with Gasteiger partial charge in [-0.2, -0.15) is 0 Å². The quantitative estimate of drug-likeness (QED) is 0.708. The monoisotopic (exact) mass is 281 g/mol. The Morgan fingerprint density at radius 3 is 2.25 bits per heavy atom. The van der Waals surface area contributed by atoms with Crippen LogP contribution in [0.2, 0.25) is 5.02 Å². The van der Waals surface area contributed by atoms with Crippen LogP contribution >= 0.6 is 11.6 Å². The average molecular weight is 282 g/mol. The van der Waals surface area contributed by atoms with Crippen LogP contribution < -0.4 is 0 Å². The Kier molecular flexibility index (Phi) is 3.44. The molecule has 0 aliphatic carbocycles. The van der Waals surface area contributed by atoms with E-state index in [0.717, 1.165) is 28.1 Å². The van der Waals surface area contributed by atoms with Crippen molar-refractivity contribution in [3.63, 3.8) is 0 Å². The summed E-state index contributed by atoms with van der Waals surface area (Å²) in [6.07, 6.45) is 5.11. The Morgan fingerprint density at radius 1 is 0.850 bits per heavy atom. The highest BCUT2D eigenvalue weighted by Crippen LogP contribution is 2.32. The van der Waals surface area contributed by atoms with Gasteiger partial charge in [0, 0.05) is 34.2 Å². The number of aromatic nitrogens is 3. The summed E-state index contributed by atoms with van der Waals surface area (Å²) in [6.45, 7) is 1.98. The SMILES string of the molecule is Cc1ncnc(-c2ccncc2)c1-c1ccc(Cl)cc1. The number of benzene rings is 1. The third-order valence-electron chi connectivity index (χ3n) is 3.12. The van der Waals surface area contributed by atoms with E-state index >= 15 is 0 Å². The minimum absolute atomic E-state index is 0.716. The predicted octanol–water partition coefficient (Wildman–Crippen LogP) is 4.17. The number of halogens is 1. The molecule has 0 saturated heterocycles. The topological polar surface area (TPSA) is 38.7 Å². The Labute approximate surface area is 122 Å². The van der Waals surface area contributed by atoms with Crippen molar-refractivity contribution in [3.8, 4) is 22.4 Å². The van der Waals surface area contributed by atoms with Crippen LogP contribution in [0.5, 0.6) is 0 Å². The van der Waals surface area contributed by atoms with Gasteiger partial charge in [-0.3, -0.25) is 4.98 Å². The molecule has 3 nitrogen and oxygen atoms in total. The van der Waals surface area contributed by atoms with E-state index < -0.39 is 0 Å². The van der Waals surface area contributed by atoms with Crippen molar-refractivity contribution >= 4 is 11.6 Å². The zero-order valence-electron chi connectivity index (χ0n) is 10.9. The molecule has 0 spiro atoms. The number of pyridine rings is 1. The molecule has 0 saturated carbocycles. The molecule has 1 aromatic carbocycles. The van der Waals surface area contributed by atoms with Gasteiger partial charge in [0.15, 0.2) is 0 Å². The Balaban J connectivity index is 2.22. The minimum Gasteiger partial charge on any atom is -0.265 e. The van der Waals surface area contributed by atoms with Gasteiger partial charge in [0.25, 0.3) is 0 Å². The largest absolute Gasteiger partial charge is 0.265 e. The van der Waals surface area contributed by atoms with Crippen molar-refractivity contribution in [3.05, 3.63) is 65.8 Å². The smallest absolute Gasteiger partial charge is 0.116 e. The van der Waals surface area contributed by atoms with Crippen LogP contribution in [-0.4, -0.2) is 15.0 Å². The number of aryl methyl sites for hydroxylation is 1. The molecule has 3 rings (SSSR count). The van der Waals surface area contributed by atoms with Crippen molar-refractivity contribution in [1.82, 2.24) is 15.0 Å². The zero-order chi connectivity index (χ0) is 13.9. The van der Waals surface area contributed by atoms with Gasteiger partial charge >= 0.3 is 0 Å². The van der Waals surface area contributed by atoms with Crippen LogP contribution in [0.1, 0.15) is 5.69 Å². The summed E-state index contributed by atoms with van der Waals surface area (Å²) in [7, 11) is 0. The fourth-order valence-electron chi connectivity index (χ4n) is 2.16. The maximum Gasteiger partial charge on any atom is 0.116 e. The van der Waals surface area contributed by atoms with Crippen molar-refractivity contribution in [2.75, 3.05) is 0 Å². The molecule has 0 fully saturated rings. The average Bonchev–Trinajstić information content (AvgIpc) is 2.49. The first-order valence-corrected chi connectivity index (χ1v) is 6.61. The molecular weight excluding hydrogens is 270 g/mol. The maximum atomic E-state index is 5.96. The fourth-order valence-corrected chi connectivity index (χ4v) is 2.29. The normalized spacial score (nSPS) is 10.5. The van der Waals surface area contributed by atoms with E-state index in [9.17, 15) is 0 Å². The molecule has 0 unspecified atom stereocenters. The highest BCUT2D eigenvalue weighted by Gasteiger charge is 2.12. The lowest BCUT2D eigenvalue weighted by Gasteiger charge is -2.11. The first kappa shape index (κ1) is 12.8. The van der Waals surface area contributed by atoms with Gasteiger partial charge in [-0.25, -0.2) is 9.97 Å². The molecule has 3 aromatic rings. The second-order valence-electron chi connectivity index (χ2n) is 4.43. The van der Waals surface area contributed by atoms with Crippen molar-refractivity contribution in [2.45, 2.75) is 6.92 Å². The lowest BCUT2D eigenvalue weighted by Crippen LogP contribution is -1.95. The molecule has 2 aromatic heterocycles. The van der Waals surface area contributed by atoms with Crippen LogP contribution in [0, 0.1) is 6.92 Å².